The van der Waals surface area contributed by atoms with Crippen molar-refractivity contribution in [2.45, 2.75) is 28.5 Å². The van der Waals surface area contributed by atoms with Crippen LogP contribution in [0, 0.1) is 0 Å². The van der Waals surface area contributed by atoms with E-state index in [0.29, 0.717) is 0 Å². The molecule has 0 atom stereocenters. The van der Waals surface area contributed by atoms with Gasteiger partial charge in [-0.2, -0.15) is 0 Å². The second-order valence-electron chi connectivity index (χ2n) is 3.71. The van der Waals surface area contributed by atoms with E-state index >= 15 is 0 Å². The monoisotopic (exact) mass is 312 g/mol. The van der Waals surface area contributed by atoms with E-state index in [-0.39, 0.29) is 0 Å². The lowest BCUT2D eigenvalue weighted by Crippen LogP contribution is -1.82. The van der Waals surface area contributed by atoms with Gasteiger partial charge in [0, 0.05) is 4.90 Å². The summed E-state index contributed by atoms with van der Waals surface area (Å²) < 4.78 is 1.83. The fourth-order valence-corrected chi connectivity index (χ4v) is 4.43. The largest absolute Gasteiger partial charge is 0.184 e. The smallest absolute Gasteiger partial charge is 0.130 e. The number of halogens is 1. The zero-order valence-electron chi connectivity index (χ0n) is 8.44. The van der Waals surface area contributed by atoms with Gasteiger partial charge in [-0.1, -0.05) is 29.2 Å². The summed E-state index contributed by atoms with van der Waals surface area (Å²) in [7, 11) is 0. The van der Waals surface area contributed by atoms with Crippen LogP contribution in [0.15, 0.2) is 31.4 Å². The number of rotatable bonds is 2. The lowest BCUT2D eigenvalue weighted by Gasteiger charge is -2.01. The molecule has 1 aliphatic carbocycles. The van der Waals surface area contributed by atoms with Gasteiger partial charge in [-0.3, -0.25) is 0 Å². The highest BCUT2D eigenvalue weighted by atomic mass is 79.9. The number of aryl methyl sites for hydroxylation is 2. The first-order chi connectivity index (χ1) is 7.81. The molecule has 0 amide bonds. The van der Waals surface area contributed by atoms with E-state index in [1.807, 2.05) is 0 Å². The van der Waals surface area contributed by atoms with Gasteiger partial charge in [0.25, 0.3) is 0 Å². The summed E-state index contributed by atoms with van der Waals surface area (Å²) >= 11 is 6.59. The maximum atomic E-state index is 4.09. The predicted octanol–water partition coefficient (Wildman–Crippen LogP) is 3.94. The number of hydrogen-bond donors (Lipinski definition) is 0. The molecule has 2 nitrogen and oxygen atoms in total. The lowest BCUT2D eigenvalue weighted by atomic mass is 10.1. The van der Waals surface area contributed by atoms with Crippen LogP contribution >= 0.6 is 39.0 Å². The van der Waals surface area contributed by atoms with Gasteiger partial charge in [-0.05, 0) is 58.5 Å². The molecule has 5 heteroatoms. The molecule has 3 rings (SSSR count). The van der Waals surface area contributed by atoms with E-state index in [1.54, 1.807) is 23.1 Å². The van der Waals surface area contributed by atoms with Crippen molar-refractivity contribution in [1.82, 2.24) is 10.2 Å². The van der Waals surface area contributed by atoms with Gasteiger partial charge in [-0.25, -0.2) is 0 Å². The first kappa shape index (κ1) is 10.7. The summed E-state index contributed by atoms with van der Waals surface area (Å²) in [5, 5.41) is 8.04. The molecule has 0 unspecified atom stereocenters. The topological polar surface area (TPSA) is 25.8 Å². The average Bonchev–Trinajstić information content (AvgIpc) is 2.87. The minimum atomic E-state index is 0.844. The summed E-state index contributed by atoms with van der Waals surface area (Å²) in [4.78, 5) is 1.27. The zero-order chi connectivity index (χ0) is 11.0. The normalized spacial score (nSPS) is 14.1. The highest BCUT2D eigenvalue weighted by Gasteiger charge is 2.12. The first-order valence-electron chi connectivity index (χ1n) is 5.10. The van der Waals surface area contributed by atoms with Gasteiger partial charge < -0.3 is 0 Å². The first-order valence-corrected chi connectivity index (χ1v) is 7.52. The molecule has 16 heavy (non-hydrogen) atoms. The number of benzene rings is 1. The Morgan fingerprint density at radius 3 is 2.88 bits per heavy atom. The highest BCUT2D eigenvalue weighted by Crippen LogP contribution is 2.34. The van der Waals surface area contributed by atoms with E-state index in [2.05, 4.69) is 44.3 Å². The molecule has 1 heterocycles. The molecule has 0 aliphatic heterocycles. The van der Waals surface area contributed by atoms with Crippen molar-refractivity contribution < 1.29 is 0 Å². The molecular formula is C11H9BrN2S2. The lowest BCUT2D eigenvalue weighted by molar-refractivity contribution is 0.911. The Morgan fingerprint density at radius 1 is 1.19 bits per heavy atom. The van der Waals surface area contributed by atoms with E-state index < -0.39 is 0 Å². The summed E-state index contributed by atoms with van der Waals surface area (Å²) in [6, 6.07) is 6.73. The van der Waals surface area contributed by atoms with E-state index in [9.17, 15) is 0 Å². The van der Waals surface area contributed by atoms with Crippen LogP contribution in [0.5, 0.6) is 0 Å². The van der Waals surface area contributed by atoms with Gasteiger partial charge in [0.2, 0.25) is 0 Å². The third-order valence-corrected chi connectivity index (χ3v) is 5.05. The summed E-state index contributed by atoms with van der Waals surface area (Å²) in [5.41, 5.74) is 3.02. The van der Waals surface area contributed by atoms with E-state index in [0.717, 1.165) is 8.26 Å². The SMILES string of the molecule is Brc1nnc(Sc2ccc3c(c2)CCC3)s1. The number of aromatic nitrogens is 2. The second kappa shape index (κ2) is 4.47. The predicted molar refractivity (Wildman–Crippen MR) is 70.2 cm³/mol. The van der Waals surface area contributed by atoms with Crippen LogP contribution in [-0.2, 0) is 12.8 Å². The number of fused-ring (bicyclic) bond motifs is 1. The van der Waals surface area contributed by atoms with E-state index in [1.165, 1.54) is 35.3 Å². The minimum absolute atomic E-state index is 0.844. The van der Waals surface area contributed by atoms with Crippen molar-refractivity contribution in [2.24, 2.45) is 0 Å². The van der Waals surface area contributed by atoms with E-state index in [4.69, 9.17) is 0 Å². The molecule has 1 aliphatic rings. The van der Waals surface area contributed by atoms with Crippen LogP contribution in [0.3, 0.4) is 0 Å². The molecule has 0 saturated heterocycles. The van der Waals surface area contributed by atoms with Gasteiger partial charge in [-0.15, -0.1) is 10.2 Å². The molecule has 0 fully saturated rings. The van der Waals surface area contributed by atoms with Crippen molar-refractivity contribution in [3.8, 4) is 0 Å². The van der Waals surface area contributed by atoms with Crippen molar-refractivity contribution in [1.29, 1.82) is 0 Å². The number of hydrogen-bond acceptors (Lipinski definition) is 4. The highest BCUT2D eigenvalue weighted by molar-refractivity contribution is 9.11. The van der Waals surface area contributed by atoms with Crippen LogP contribution in [0.25, 0.3) is 0 Å². The van der Waals surface area contributed by atoms with Gasteiger partial charge in [0.05, 0.1) is 0 Å². The van der Waals surface area contributed by atoms with Crippen LogP contribution in [0.2, 0.25) is 0 Å². The zero-order valence-corrected chi connectivity index (χ0v) is 11.7. The molecule has 82 valence electrons. The Bertz CT molecular complexity index is 524. The summed E-state index contributed by atoms with van der Waals surface area (Å²) in [6.45, 7) is 0. The third-order valence-electron chi connectivity index (χ3n) is 2.66. The van der Waals surface area contributed by atoms with Crippen molar-refractivity contribution in [3.05, 3.63) is 33.2 Å². The summed E-state index contributed by atoms with van der Waals surface area (Å²) in [6.07, 6.45) is 3.77. The molecule has 1 aromatic carbocycles. The fourth-order valence-electron chi connectivity index (χ4n) is 1.95. The molecule has 0 saturated carbocycles. The quantitative estimate of drug-likeness (QED) is 0.840. The maximum absolute atomic E-state index is 4.09. The van der Waals surface area contributed by atoms with Gasteiger partial charge in [0.1, 0.15) is 0 Å². The Balaban J connectivity index is 1.85. The molecule has 0 N–H and O–H groups in total. The van der Waals surface area contributed by atoms with Crippen molar-refractivity contribution in [2.75, 3.05) is 0 Å². The maximum Gasteiger partial charge on any atom is 0.184 e. The van der Waals surface area contributed by atoms with Crippen LogP contribution < -0.4 is 0 Å². The summed E-state index contributed by atoms with van der Waals surface area (Å²) in [5.74, 6) is 0. The molecule has 0 spiro atoms. The molecule has 0 radical (unpaired) electrons. The Morgan fingerprint density at radius 2 is 2.06 bits per heavy atom. The van der Waals surface area contributed by atoms with Crippen LogP contribution in [0.4, 0.5) is 0 Å². The fraction of sp³-hybridized carbons (Fsp3) is 0.273. The molecule has 2 aromatic rings. The van der Waals surface area contributed by atoms with Crippen molar-refractivity contribution >= 4 is 39.0 Å². The minimum Gasteiger partial charge on any atom is -0.130 e. The Labute approximate surface area is 111 Å². The van der Waals surface area contributed by atoms with Crippen molar-refractivity contribution in [3.63, 3.8) is 0 Å². The standard InChI is InChI=1S/C11H9BrN2S2/c12-10-13-14-11(16-10)15-9-5-4-7-2-1-3-8(7)6-9/h4-6H,1-3H2. The van der Waals surface area contributed by atoms with Crippen LogP contribution in [0.1, 0.15) is 17.5 Å². The Kier molecular flexibility index (Phi) is 3.00. The third kappa shape index (κ3) is 2.17. The average molecular weight is 313 g/mol. The molecule has 1 aromatic heterocycles. The van der Waals surface area contributed by atoms with Gasteiger partial charge in [0.15, 0.2) is 8.26 Å². The molecule has 0 bridgehead atoms. The van der Waals surface area contributed by atoms with Gasteiger partial charge >= 0.3 is 0 Å². The molecular weight excluding hydrogens is 304 g/mol. The second-order valence-corrected chi connectivity index (χ2v) is 7.28. The van der Waals surface area contributed by atoms with Crippen LogP contribution in [-0.4, -0.2) is 10.2 Å². The Hall–Kier alpha value is -0.390. The number of nitrogens with zero attached hydrogens (tertiary/aromatic N) is 2.